The van der Waals surface area contributed by atoms with E-state index in [9.17, 15) is 18.0 Å². The lowest BCUT2D eigenvalue weighted by Crippen LogP contribution is -2.41. The smallest absolute Gasteiger partial charge is 0.369 e. The van der Waals surface area contributed by atoms with Crippen LogP contribution in [0.1, 0.15) is 12.0 Å². The van der Waals surface area contributed by atoms with Gasteiger partial charge in [-0.3, -0.25) is 4.79 Å². The molecule has 1 saturated carbocycles. The molecule has 0 saturated heterocycles. The molecule has 1 fully saturated rings. The van der Waals surface area contributed by atoms with Crippen molar-refractivity contribution in [2.45, 2.75) is 18.6 Å². The summed E-state index contributed by atoms with van der Waals surface area (Å²) in [6.07, 6.45) is 0.701. The highest BCUT2D eigenvalue weighted by molar-refractivity contribution is 6.30. The van der Waals surface area contributed by atoms with Gasteiger partial charge in [0.05, 0.1) is 5.92 Å². The number of anilines is 1. The molecule has 0 spiro atoms. The lowest BCUT2D eigenvalue weighted by Gasteiger charge is -2.26. The Morgan fingerprint density at radius 1 is 1.36 bits per heavy atom. The van der Waals surface area contributed by atoms with Gasteiger partial charge < -0.3 is 11.1 Å². The zero-order valence-corrected chi connectivity index (χ0v) is 11.9. The largest absolute Gasteiger partial charge is 0.420 e. The third-order valence-corrected chi connectivity index (χ3v) is 4.42. The van der Waals surface area contributed by atoms with Crippen molar-refractivity contribution in [3.05, 3.63) is 29.1 Å². The average molecular weight is 333 g/mol. The second kappa shape index (κ2) is 5.12. The summed E-state index contributed by atoms with van der Waals surface area (Å²) in [6.45, 7) is 0. The number of halogens is 4. The van der Waals surface area contributed by atoms with Crippen molar-refractivity contribution in [3.8, 4) is 0 Å². The van der Waals surface area contributed by atoms with Crippen molar-refractivity contribution in [3.63, 3.8) is 0 Å². The van der Waals surface area contributed by atoms with Crippen molar-refractivity contribution in [1.29, 1.82) is 0 Å². The minimum atomic E-state index is -4.61. The normalized spacial score (nSPS) is 29.8. The molecule has 0 aliphatic heterocycles. The van der Waals surface area contributed by atoms with Gasteiger partial charge in [-0.1, -0.05) is 23.8 Å². The van der Waals surface area contributed by atoms with Crippen LogP contribution in [-0.2, 0) is 11.0 Å². The molecular formula is C13H12ClF3N4O. The Bertz CT molecular complexity index is 649. The molecule has 1 amide bonds. The molecular weight excluding hydrogens is 321 g/mol. The van der Waals surface area contributed by atoms with Gasteiger partial charge in [-0.05, 0) is 18.3 Å². The molecule has 2 bridgehead atoms. The second-order valence-electron chi connectivity index (χ2n) is 5.44. The molecule has 0 radical (unpaired) electrons. The third-order valence-electron chi connectivity index (χ3n) is 4.13. The molecule has 1 aromatic heterocycles. The summed E-state index contributed by atoms with van der Waals surface area (Å²) in [4.78, 5) is 18.8. The van der Waals surface area contributed by atoms with E-state index in [2.05, 4.69) is 15.3 Å². The maximum absolute atomic E-state index is 12.6. The van der Waals surface area contributed by atoms with Crippen LogP contribution >= 0.6 is 11.6 Å². The summed E-state index contributed by atoms with van der Waals surface area (Å²) in [5.74, 6) is -0.806. The fourth-order valence-corrected chi connectivity index (χ4v) is 3.41. The number of rotatable bonds is 3. The molecule has 0 aromatic carbocycles. The predicted octanol–water partition coefficient (Wildman–Crippen LogP) is 2.24. The van der Waals surface area contributed by atoms with Crippen LogP contribution in [0.25, 0.3) is 0 Å². The van der Waals surface area contributed by atoms with E-state index in [1.54, 1.807) is 0 Å². The molecule has 22 heavy (non-hydrogen) atoms. The minimum absolute atomic E-state index is 0.0461. The Morgan fingerprint density at radius 2 is 2.05 bits per heavy atom. The Morgan fingerprint density at radius 3 is 2.64 bits per heavy atom. The fraction of sp³-hybridized carbons (Fsp3) is 0.462. The van der Waals surface area contributed by atoms with Gasteiger partial charge >= 0.3 is 6.18 Å². The van der Waals surface area contributed by atoms with E-state index in [4.69, 9.17) is 17.3 Å². The zero-order valence-electron chi connectivity index (χ0n) is 11.1. The second-order valence-corrected chi connectivity index (χ2v) is 5.80. The van der Waals surface area contributed by atoms with Gasteiger partial charge in [-0.25, -0.2) is 9.97 Å². The monoisotopic (exact) mass is 332 g/mol. The van der Waals surface area contributed by atoms with Gasteiger partial charge in [-0.2, -0.15) is 13.2 Å². The average Bonchev–Trinajstić information content (AvgIpc) is 2.97. The topological polar surface area (TPSA) is 80.9 Å². The first-order chi connectivity index (χ1) is 10.3. The number of primary amides is 1. The van der Waals surface area contributed by atoms with E-state index in [0.717, 1.165) is 6.42 Å². The number of carbonyl (C=O) groups excluding carboxylic acids is 1. The van der Waals surface area contributed by atoms with Crippen molar-refractivity contribution in [2.24, 2.45) is 23.5 Å². The number of hydrogen-bond donors (Lipinski definition) is 2. The van der Waals surface area contributed by atoms with Gasteiger partial charge in [0.2, 0.25) is 11.9 Å². The fourth-order valence-electron chi connectivity index (χ4n) is 3.18. The number of alkyl halides is 3. The summed E-state index contributed by atoms with van der Waals surface area (Å²) in [5, 5.41) is 2.22. The van der Waals surface area contributed by atoms with Crippen LogP contribution in [-0.4, -0.2) is 21.9 Å². The molecule has 118 valence electrons. The highest BCUT2D eigenvalue weighted by atomic mass is 35.5. The Balaban J connectivity index is 1.83. The minimum Gasteiger partial charge on any atom is -0.369 e. The van der Waals surface area contributed by atoms with Crippen molar-refractivity contribution < 1.29 is 18.0 Å². The Kier molecular flexibility index (Phi) is 3.51. The lowest BCUT2D eigenvalue weighted by atomic mass is 9.88. The van der Waals surface area contributed by atoms with Crippen molar-refractivity contribution in [2.75, 3.05) is 5.32 Å². The number of nitrogens with one attached hydrogen (secondary N) is 1. The lowest BCUT2D eigenvalue weighted by molar-refractivity contribution is -0.138. The molecule has 0 unspecified atom stereocenters. The van der Waals surface area contributed by atoms with E-state index in [0.29, 0.717) is 6.20 Å². The SMILES string of the molecule is NC(=O)[C@@H]1[C@H](Nc2ncc(C(F)(F)F)c(Cl)n2)[C@H]2C=C[C@@H]1C2. The quantitative estimate of drug-likeness (QED) is 0.657. The third kappa shape index (κ3) is 2.51. The first-order valence-electron chi connectivity index (χ1n) is 6.61. The van der Waals surface area contributed by atoms with Crippen molar-refractivity contribution >= 4 is 23.5 Å². The van der Waals surface area contributed by atoms with Crippen molar-refractivity contribution in [1.82, 2.24) is 9.97 Å². The van der Waals surface area contributed by atoms with Crippen LogP contribution in [0.5, 0.6) is 0 Å². The van der Waals surface area contributed by atoms with E-state index in [-0.39, 0.29) is 23.8 Å². The van der Waals surface area contributed by atoms with E-state index in [1.807, 2.05) is 12.2 Å². The summed E-state index contributed by atoms with van der Waals surface area (Å²) >= 11 is 5.56. The van der Waals surface area contributed by atoms with Crippen LogP contribution < -0.4 is 11.1 Å². The molecule has 1 heterocycles. The van der Waals surface area contributed by atoms with Gasteiger partial charge in [-0.15, -0.1) is 0 Å². The van der Waals surface area contributed by atoms with E-state index < -0.39 is 28.7 Å². The zero-order chi connectivity index (χ0) is 16.1. The maximum atomic E-state index is 12.6. The van der Waals surface area contributed by atoms with Gasteiger partial charge in [0.15, 0.2) is 0 Å². The summed E-state index contributed by atoms with van der Waals surface area (Å²) in [6, 6.07) is -0.333. The standard InChI is InChI=1S/C13H12ClF3N4O/c14-10-7(13(15,16)17)4-19-12(21-10)20-9-6-2-1-5(3-6)8(9)11(18)22/h1-2,4-6,8-9H,3H2,(H2,18,22)(H,19,20,21)/t5-,6+,8+,9-/m1/s1. The molecule has 9 heteroatoms. The highest BCUT2D eigenvalue weighted by Gasteiger charge is 2.47. The van der Waals surface area contributed by atoms with E-state index in [1.165, 1.54) is 0 Å². The van der Waals surface area contributed by atoms with Gasteiger partial charge in [0.1, 0.15) is 10.7 Å². The predicted molar refractivity (Wildman–Crippen MR) is 72.9 cm³/mol. The van der Waals surface area contributed by atoms with Crippen LogP contribution in [0.3, 0.4) is 0 Å². The first-order valence-corrected chi connectivity index (χ1v) is 6.99. The molecule has 4 atom stereocenters. The van der Waals surface area contributed by atoms with E-state index >= 15 is 0 Å². The number of nitrogens with two attached hydrogens (primary N) is 1. The maximum Gasteiger partial charge on any atom is 0.420 e. The van der Waals surface area contributed by atoms with Gasteiger partial charge in [0, 0.05) is 12.2 Å². The first kappa shape index (κ1) is 15.1. The van der Waals surface area contributed by atoms with Crippen LogP contribution in [0.4, 0.5) is 19.1 Å². The molecule has 5 nitrogen and oxygen atoms in total. The molecule has 1 aromatic rings. The Hall–Kier alpha value is -1.83. The number of allylic oxidation sites excluding steroid dienone is 1. The molecule has 2 aliphatic rings. The van der Waals surface area contributed by atoms with Crippen LogP contribution in [0, 0.1) is 17.8 Å². The summed E-state index contributed by atoms with van der Waals surface area (Å²) in [7, 11) is 0. The Labute approximate surface area is 128 Å². The number of amides is 1. The number of nitrogens with zero attached hydrogens (tertiary/aromatic N) is 2. The number of hydrogen-bond acceptors (Lipinski definition) is 4. The van der Waals surface area contributed by atoms with Gasteiger partial charge in [0.25, 0.3) is 0 Å². The molecule has 3 rings (SSSR count). The number of carbonyl (C=O) groups is 1. The molecule has 2 aliphatic carbocycles. The number of fused-ring (bicyclic) bond motifs is 2. The summed E-state index contributed by atoms with van der Waals surface area (Å²) in [5.41, 5.74) is 4.31. The van der Waals surface area contributed by atoms with Crippen LogP contribution in [0.2, 0.25) is 5.15 Å². The van der Waals surface area contributed by atoms with Crippen LogP contribution in [0.15, 0.2) is 18.3 Å². The number of aromatic nitrogens is 2. The molecule has 3 N–H and O–H groups in total. The highest BCUT2D eigenvalue weighted by Crippen LogP contribution is 2.44. The summed E-state index contributed by atoms with van der Waals surface area (Å²) < 4.78 is 37.9.